The number of nitrogens with two attached hydrogens (primary N) is 2. The standard InChI is InChI=1S/C25H33N3O2/c26-15-7-6-11-22(27)17-28-24(25(29)30-18-19-8-2-1-3-9-19)16-21-14-13-20-10-4-5-12-23(20)21/h1-5,8-10,12,14,22,24,28H,6-7,11,13,15-18,26-27H2/t22-,24-/m0/s1. The molecular formula is C25H33N3O2. The van der Waals surface area contributed by atoms with Gasteiger partial charge in [-0.2, -0.15) is 0 Å². The zero-order valence-electron chi connectivity index (χ0n) is 17.6. The number of ether oxygens (including phenoxy) is 1. The number of carbonyl (C=O) groups is 1. The zero-order chi connectivity index (χ0) is 21.2. The highest BCUT2D eigenvalue weighted by Gasteiger charge is 2.25. The number of hydrogen-bond donors (Lipinski definition) is 3. The second-order valence-electron chi connectivity index (χ2n) is 7.89. The topological polar surface area (TPSA) is 90.4 Å². The van der Waals surface area contributed by atoms with Gasteiger partial charge in [0, 0.05) is 12.6 Å². The van der Waals surface area contributed by atoms with Crippen LogP contribution >= 0.6 is 0 Å². The smallest absolute Gasteiger partial charge is 0.323 e. The molecule has 0 saturated carbocycles. The maximum atomic E-state index is 12.9. The number of hydrogen-bond acceptors (Lipinski definition) is 5. The fraction of sp³-hybridized carbons (Fsp3) is 0.400. The van der Waals surface area contributed by atoms with E-state index in [1.807, 2.05) is 36.4 Å². The molecule has 0 unspecified atom stereocenters. The van der Waals surface area contributed by atoms with E-state index in [1.54, 1.807) is 0 Å². The van der Waals surface area contributed by atoms with E-state index in [0.717, 1.165) is 31.2 Å². The third-order valence-corrected chi connectivity index (χ3v) is 5.52. The molecule has 0 saturated heterocycles. The number of esters is 1. The number of allylic oxidation sites excluding steroid dienone is 1. The van der Waals surface area contributed by atoms with Crippen molar-refractivity contribution in [2.45, 2.75) is 50.8 Å². The average molecular weight is 408 g/mol. The van der Waals surface area contributed by atoms with E-state index in [-0.39, 0.29) is 18.6 Å². The van der Waals surface area contributed by atoms with E-state index in [1.165, 1.54) is 16.7 Å². The summed E-state index contributed by atoms with van der Waals surface area (Å²) in [7, 11) is 0. The molecule has 1 aliphatic carbocycles. The van der Waals surface area contributed by atoms with E-state index in [2.05, 4.69) is 29.6 Å². The Bertz CT molecular complexity index is 835. The van der Waals surface area contributed by atoms with Crippen molar-refractivity contribution < 1.29 is 9.53 Å². The van der Waals surface area contributed by atoms with E-state index < -0.39 is 6.04 Å². The zero-order valence-corrected chi connectivity index (χ0v) is 17.6. The van der Waals surface area contributed by atoms with Crippen molar-refractivity contribution in [1.82, 2.24) is 5.32 Å². The van der Waals surface area contributed by atoms with E-state index in [9.17, 15) is 4.79 Å². The molecule has 0 aromatic heterocycles. The fourth-order valence-corrected chi connectivity index (χ4v) is 3.78. The summed E-state index contributed by atoms with van der Waals surface area (Å²) < 4.78 is 5.63. The molecule has 5 nitrogen and oxygen atoms in total. The normalized spacial score (nSPS) is 14.7. The third-order valence-electron chi connectivity index (χ3n) is 5.52. The largest absolute Gasteiger partial charge is 0.460 e. The van der Waals surface area contributed by atoms with E-state index >= 15 is 0 Å². The molecule has 160 valence electrons. The molecule has 30 heavy (non-hydrogen) atoms. The molecule has 0 spiro atoms. The summed E-state index contributed by atoms with van der Waals surface area (Å²) in [6.07, 6.45) is 6.59. The highest BCUT2D eigenvalue weighted by atomic mass is 16.5. The molecule has 0 radical (unpaired) electrons. The molecule has 0 aliphatic heterocycles. The van der Waals surface area contributed by atoms with Crippen LogP contribution in [0.15, 0.2) is 60.7 Å². The Hall–Kier alpha value is -2.47. The summed E-state index contributed by atoms with van der Waals surface area (Å²) in [5, 5.41) is 3.37. The lowest BCUT2D eigenvalue weighted by molar-refractivity contribution is -0.147. The highest BCUT2D eigenvalue weighted by molar-refractivity contribution is 5.81. The Morgan fingerprint density at radius 1 is 1.07 bits per heavy atom. The summed E-state index contributed by atoms with van der Waals surface area (Å²) in [5.74, 6) is -0.238. The first-order valence-electron chi connectivity index (χ1n) is 10.8. The summed E-state index contributed by atoms with van der Waals surface area (Å²) in [6.45, 7) is 1.53. The van der Waals surface area contributed by atoms with Crippen LogP contribution in [-0.2, 0) is 22.6 Å². The predicted molar refractivity (Wildman–Crippen MR) is 122 cm³/mol. The van der Waals surface area contributed by atoms with Gasteiger partial charge < -0.3 is 21.5 Å². The molecule has 0 bridgehead atoms. The molecule has 2 atom stereocenters. The summed E-state index contributed by atoms with van der Waals surface area (Å²) in [4.78, 5) is 12.9. The van der Waals surface area contributed by atoms with Crippen LogP contribution in [0.3, 0.4) is 0 Å². The van der Waals surface area contributed by atoms with Crippen LogP contribution in [0.5, 0.6) is 0 Å². The number of carbonyl (C=O) groups excluding carboxylic acids is 1. The quantitative estimate of drug-likeness (QED) is 0.371. The van der Waals surface area contributed by atoms with E-state index in [4.69, 9.17) is 16.2 Å². The molecule has 5 heteroatoms. The van der Waals surface area contributed by atoms with Gasteiger partial charge in [0.05, 0.1) is 0 Å². The van der Waals surface area contributed by atoms with Crippen molar-refractivity contribution in [2.75, 3.05) is 13.1 Å². The van der Waals surface area contributed by atoms with Crippen molar-refractivity contribution in [3.8, 4) is 0 Å². The van der Waals surface area contributed by atoms with Crippen molar-refractivity contribution in [3.63, 3.8) is 0 Å². The van der Waals surface area contributed by atoms with Gasteiger partial charge in [-0.25, -0.2) is 0 Å². The van der Waals surface area contributed by atoms with Crippen LogP contribution in [-0.4, -0.2) is 31.1 Å². The molecule has 5 N–H and O–H groups in total. The van der Waals surface area contributed by atoms with Crippen LogP contribution < -0.4 is 16.8 Å². The first-order chi connectivity index (χ1) is 14.7. The lowest BCUT2D eigenvalue weighted by atomic mass is 9.99. The third kappa shape index (κ3) is 6.52. The van der Waals surface area contributed by atoms with Gasteiger partial charge in [-0.05, 0) is 54.5 Å². The minimum atomic E-state index is -0.424. The maximum Gasteiger partial charge on any atom is 0.323 e. The van der Waals surface area contributed by atoms with Gasteiger partial charge in [0.15, 0.2) is 0 Å². The van der Waals surface area contributed by atoms with Gasteiger partial charge >= 0.3 is 5.97 Å². The molecule has 0 fully saturated rings. The van der Waals surface area contributed by atoms with Gasteiger partial charge in [-0.3, -0.25) is 4.79 Å². The van der Waals surface area contributed by atoms with Crippen LogP contribution in [0, 0.1) is 0 Å². The fourth-order valence-electron chi connectivity index (χ4n) is 3.78. The minimum absolute atomic E-state index is 0.00850. The number of nitrogens with one attached hydrogen (secondary N) is 1. The van der Waals surface area contributed by atoms with Crippen molar-refractivity contribution in [3.05, 3.63) is 77.4 Å². The first kappa shape index (κ1) is 22.2. The highest BCUT2D eigenvalue weighted by Crippen LogP contribution is 2.30. The predicted octanol–water partition coefficient (Wildman–Crippen LogP) is 3.17. The van der Waals surface area contributed by atoms with Gasteiger partial charge in [0.2, 0.25) is 0 Å². The lowest BCUT2D eigenvalue weighted by Crippen LogP contribution is -2.44. The molecular weight excluding hydrogens is 374 g/mol. The minimum Gasteiger partial charge on any atom is -0.460 e. The Labute approximate surface area is 179 Å². The average Bonchev–Trinajstić information content (AvgIpc) is 3.18. The number of unbranched alkanes of at least 4 members (excludes halogenated alkanes) is 1. The molecule has 1 aliphatic rings. The Morgan fingerprint density at radius 3 is 2.63 bits per heavy atom. The Kier molecular flexibility index (Phi) is 8.63. The molecule has 2 aromatic rings. The van der Waals surface area contributed by atoms with Crippen molar-refractivity contribution in [1.29, 1.82) is 0 Å². The van der Waals surface area contributed by atoms with Crippen LogP contribution in [0.2, 0.25) is 0 Å². The Morgan fingerprint density at radius 2 is 1.83 bits per heavy atom. The van der Waals surface area contributed by atoms with Gasteiger partial charge in [0.25, 0.3) is 0 Å². The summed E-state index contributed by atoms with van der Waals surface area (Å²) in [6, 6.07) is 17.7. The van der Waals surface area contributed by atoms with Gasteiger partial charge in [-0.1, -0.05) is 67.1 Å². The monoisotopic (exact) mass is 407 g/mol. The van der Waals surface area contributed by atoms with Crippen molar-refractivity contribution in [2.24, 2.45) is 11.5 Å². The van der Waals surface area contributed by atoms with Gasteiger partial charge in [-0.15, -0.1) is 0 Å². The summed E-state index contributed by atoms with van der Waals surface area (Å²) in [5.41, 5.74) is 16.5. The number of rotatable bonds is 12. The Balaban J connectivity index is 1.61. The first-order valence-corrected chi connectivity index (χ1v) is 10.8. The number of fused-ring (bicyclic) bond motifs is 1. The van der Waals surface area contributed by atoms with Crippen LogP contribution in [0.1, 0.15) is 42.4 Å². The number of benzene rings is 2. The van der Waals surface area contributed by atoms with Crippen molar-refractivity contribution >= 4 is 11.5 Å². The second-order valence-corrected chi connectivity index (χ2v) is 7.89. The second kappa shape index (κ2) is 11.6. The molecule has 0 amide bonds. The van der Waals surface area contributed by atoms with E-state index in [0.29, 0.717) is 19.5 Å². The van der Waals surface area contributed by atoms with Crippen LogP contribution in [0.4, 0.5) is 0 Å². The lowest BCUT2D eigenvalue weighted by Gasteiger charge is -2.21. The van der Waals surface area contributed by atoms with Crippen LogP contribution in [0.25, 0.3) is 5.57 Å². The maximum absolute atomic E-state index is 12.9. The van der Waals surface area contributed by atoms with Gasteiger partial charge in [0.1, 0.15) is 12.6 Å². The SMILES string of the molecule is NCCCC[C@H](N)CN[C@@H](CC1=CCc2ccccc21)C(=O)OCc1ccccc1. The molecule has 3 rings (SSSR count). The molecule has 2 aromatic carbocycles. The molecule has 0 heterocycles. The summed E-state index contributed by atoms with van der Waals surface area (Å²) >= 11 is 0.